The van der Waals surface area contributed by atoms with Crippen LogP contribution >= 0.6 is 0 Å². The molecular weight excluding hydrogens is 364 g/mol. The van der Waals surface area contributed by atoms with Crippen LogP contribution in [0.25, 0.3) is 0 Å². The Labute approximate surface area is 162 Å². The second kappa shape index (κ2) is 5.74. The van der Waals surface area contributed by atoms with E-state index in [-0.39, 0.29) is 18.5 Å². The van der Waals surface area contributed by atoms with Crippen molar-refractivity contribution < 1.29 is 23.7 Å². The van der Waals surface area contributed by atoms with Crippen LogP contribution in [0.3, 0.4) is 0 Å². The van der Waals surface area contributed by atoms with Crippen molar-refractivity contribution in [2.45, 2.75) is 24.9 Å². The monoisotopic (exact) mass is 384 g/mol. The number of nitriles is 2. The van der Waals surface area contributed by atoms with Crippen molar-refractivity contribution >= 4 is 5.84 Å². The zero-order valence-corrected chi connectivity index (χ0v) is 16.0. The van der Waals surface area contributed by atoms with E-state index in [2.05, 4.69) is 17.1 Å². The summed E-state index contributed by atoms with van der Waals surface area (Å²) in [6, 6.07) is 7.91. The molecule has 0 radical (unpaired) electrons. The lowest BCUT2D eigenvalue weighted by molar-refractivity contribution is -0.193. The van der Waals surface area contributed by atoms with E-state index in [9.17, 15) is 10.5 Å². The molecule has 28 heavy (non-hydrogen) atoms. The van der Waals surface area contributed by atoms with Crippen LogP contribution in [0.2, 0.25) is 0 Å². The van der Waals surface area contributed by atoms with Crippen LogP contribution in [0.4, 0.5) is 0 Å². The van der Waals surface area contributed by atoms with Gasteiger partial charge in [-0.2, -0.15) is 10.5 Å². The van der Waals surface area contributed by atoms with Gasteiger partial charge < -0.3 is 29.4 Å². The summed E-state index contributed by atoms with van der Waals surface area (Å²) >= 11 is 0. The van der Waals surface area contributed by atoms with Crippen molar-refractivity contribution in [1.29, 1.82) is 10.5 Å². The second-order valence-electron chi connectivity index (χ2n) is 7.05. The average molecular weight is 384 g/mol. The number of fused-ring (bicyclic) bond motifs is 2. The molecule has 1 aliphatic carbocycles. The van der Waals surface area contributed by atoms with Crippen molar-refractivity contribution in [2.75, 3.05) is 27.9 Å². The summed E-state index contributed by atoms with van der Waals surface area (Å²) in [6.07, 6.45) is -0.280. The summed E-state index contributed by atoms with van der Waals surface area (Å²) in [5, 5.41) is 20.3. The van der Waals surface area contributed by atoms with Gasteiger partial charge in [0.05, 0.1) is 46.2 Å². The molecule has 1 aromatic rings. The molecule has 1 saturated carbocycles. The largest absolute Gasteiger partial charge is 0.493 e. The molecule has 1 spiro atoms. The average Bonchev–Trinajstić information content (AvgIpc) is 3.10. The number of hydrogen-bond donors (Lipinski definition) is 1. The van der Waals surface area contributed by atoms with Crippen molar-refractivity contribution in [1.82, 2.24) is 0 Å². The molecule has 1 saturated heterocycles. The molecular formula is C19H20N4O5. The van der Waals surface area contributed by atoms with Gasteiger partial charge in [-0.15, -0.1) is 0 Å². The predicted octanol–water partition coefficient (Wildman–Crippen LogP) is 1.29. The SMILES string of the molecule is COc1cc([C@H]2[C@@]3(C#N)[C@]4(N=C(N)[C@@]23C#N)OC[C@H](C)O4)cc(OC)c1OC. The van der Waals surface area contributed by atoms with Crippen LogP contribution in [0, 0.1) is 33.5 Å². The molecule has 3 aliphatic rings. The molecule has 146 valence electrons. The van der Waals surface area contributed by atoms with Crippen molar-refractivity contribution in [3.63, 3.8) is 0 Å². The van der Waals surface area contributed by atoms with Gasteiger partial charge in [-0.3, -0.25) is 0 Å². The molecule has 1 aromatic carbocycles. The second-order valence-corrected chi connectivity index (χ2v) is 7.05. The first kappa shape index (κ1) is 18.4. The summed E-state index contributed by atoms with van der Waals surface area (Å²) in [5.41, 5.74) is 4.03. The molecule has 9 heteroatoms. The van der Waals surface area contributed by atoms with E-state index in [1.54, 1.807) is 12.1 Å². The quantitative estimate of drug-likeness (QED) is 0.821. The highest BCUT2D eigenvalue weighted by Crippen LogP contribution is 2.82. The van der Waals surface area contributed by atoms with Crippen molar-refractivity contribution in [3.8, 4) is 29.4 Å². The molecule has 0 amide bonds. The summed E-state index contributed by atoms with van der Waals surface area (Å²) in [7, 11) is 4.49. The van der Waals surface area contributed by atoms with Gasteiger partial charge in [-0.05, 0) is 24.6 Å². The number of rotatable bonds is 4. The maximum Gasteiger partial charge on any atom is 0.293 e. The minimum Gasteiger partial charge on any atom is -0.493 e. The van der Waals surface area contributed by atoms with Crippen LogP contribution in [0.1, 0.15) is 18.4 Å². The maximum absolute atomic E-state index is 10.2. The Bertz CT molecular complexity index is 941. The fourth-order valence-electron chi connectivity index (χ4n) is 4.63. The number of hydrogen-bond acceptors (Lipinski definition) is 9. The minimum absolute atomic E-state index is 0.0319. The van der Waals surface area contributed by atoms with Gasteiger partial charge in [0, 0.05) is 5.92 Å². The predicted molar refractivity (Wildman–Crippen MR) is 95.8 cm³/mol. The number of methoxy groups -OCH3 is 3. The van der Waals surface area contributed by atoms with Crippen LogP contribution in [-0.2, 0) is 9.47 Å². The van der Waals surface area contributed by atoms with E-state index in [1.165, 1.54) is 21.3 Å². The molecule has 2 heterocycles. The van der Waals surface area contributed by atoms with Gasteiger partial charge in [0.25, 0.3) is 5.91 Å². The Morgan fingerprint density at radius 2 is 1.79 bits per heavy atom. The molecule has 0 aromatic heterocycles. The number of benzene rings is 1. The Morgan fingerprint density at radius 1 is 1.14 bits per heavy atom. The molecule has 2 N–H and O–H groups in total. The minimum atomic E-state index is -1.61. The third-order valence-corrected chi connectivity index (χ3v) is 5.82. The topological polar surface area (TPSA) is 132 Å². The molecule has 0 unspecified atom stereocenters. The van der Waals surface area contributed by atoms with E-state index >= 15 is 0 Å². The van der Waals surface area contributed by atoms with Gasteiger partial charge in [0.2, 0.25) is 5.75 Å². The van der Waals surface area contributed by atoms with E-state index in [0.717, 1.165) is 0 Å². The highest BCUT2D eigenvalue weighted by molar-refractivity contribution is 6.00. The Hall–Kier alpha value is -3.01. The number of nitrogens with two attached hydrogens (primary N) is 1. The number of ether oxygens (including phenoxy) is 5. The summed E-state index contributed by atoms with van der Waals surface area (Å²) < 4.78 is 27.9. The molecule has 2 fully saturated rings. The zero-order valence-electron chi connectivity index (χ0n) is 16.0. The molecule has 4 rings (SSSR count). The van der Waals surface area contributed by atoms with E-state index < -0.39 is 22.7 Å². The van der Waals surface area contributed by atoms with Gasteiger partial charge in [0.15, 0.2) is 16.9 Å². The standard InChI is InChI=1S/C19H20N4O5/c1-10-7-27-19(28-10)18(9-21)15(17(18,8-20)16(22)23-19)11-5-12(24-2)14(26-4)13(6-11)25-3/h5-6,10,15H,7H2,1-4H3,(H2,22,23)/t10-,15+,17+,18+,19-/m0/s1. The lowest BCUT2D eigenvalue weighted by Gasteiger charge is -2.26. The third-order valence-electron chi connectivity index (χ3n) is 5.82. The van der Waals surface area contributed by atoms with E-state index in [4.69, 9.17) is 29.4 Å². The number of nitrogens with zero attached hydrogens (tertiary/aromatic N) is 3. The van der Waals surface area contributed by atoms with Crippen molar-refractivity contribution in [3.05, 3.63) is 17.7 Å². The lowest BCUT2D eigenvalue weighted by atomic mass is 9.93. The van der Waals surface area contributed by atoms with Crippen molar-refractivity contribution in [2.24, 2.45) is 21.6 Å². The number of amidine groups is 1. The normalized spacial score (nSPS) is 37.6. The number of aliphatic imine (C=N–C) groups is 1. The van der Waals surface area contributed by atoms with Crippen LogP contribution in [0.15, 0.2) is 17.1 Å². The fraction of sp³-hybridized carbons (Fsp3) is 0.526. The van der Waals surface area contributed by atoms with E-state index in [0.29, 0.717) is 22.8 Å². The summed E-state index contributed by atoms with van der Waals surface area (Å²) in [4.78, 5) is 4.30. The van der Waals surface area contributed by atoms with Gasteiger partial charge in [-0.1, -0.05) is 0 Å². The fourth-order valence-corrected chi connectivity index (χ4v) is 4.63. The van der Waals surface area contributed by atoms with Gasteiger partial charge >= 0.3 is 0 Å². The highest BCUT2D eigenvalue weighted by Gasteiger charge is 2.94. The Morgan fingerprint density at radius 3 is 2.21 bits per heavy atom. The van der Waals surface area contributed by atoms with Crippen LogP contribution < -0.4 is 19.9 Å². The Kier molecular flexibility index (Phi) is 3.76. The zero-order chi connectivity index (χ0) is 20.3. The maximum atomic E-state index is 10.2. The molecule has 2 aliphatic heterocycles. The third kappa shape index (κ3) is 1.78. The smallest absolute Gasteiger partial charge is 0.293 e. The molecule has 5 atom stereocenters. The summed E-state index contributed by atoms with van der Waals surface area (Å²) in [5.74, 6) is -0.972. The molecule has 9 nitrogen and oxygen atoms in total. The van der Waals surface area contributed by atoms with Gasteiger partial charge in [-0.25, -0.2) is 4.99 Å². The molecule has 0 bridgehead atoms. The van der Waals surface area contributed by atoms with Gasteiger partial charge in [0.1, 0.15) is 11.3 Å². The van der Waals surface area contributed by atoms with Crippen LogP contribution in [-0.4, -0.2) is 45.8 Å². The summed E-state index contributed by atoms with van der Waals surface area (Å²) in [6.45, 7) is 2.07. The Balaban J connectivity index is 1.92. The van der Waals surface area contributed by atoms with Crippen LogP contribution in [0.5, 0.6) is 17.2 Å². The first-order valence-corrected chi connectivity index (χ1v) is 8.71. The first-order valence-electron chi connectivity index (χ1n) is 8.71. The van der Waals surface area contributed by atoms with E-state index in [1.807, 2.05) is 6.92 Å². The first-order chi connectivity index (χ1) is 13.4. The lowest BCUT2D eigenvalue weighted by Crippen LogP contribution is -2.39. The highest BCUT2D eigenvalue weighted by atomic mass is 16.8.